The van der Waals surface area contributed by atoms with E-state index in [4.69, 9.17) is 0 Å². The molecule has 5 heteroatoms. The molecule has 0 atom stereocenters. The number of fused-ring (bicyclic) bond motifs is 2. The number of amides is 1. The van der Waals surface area contributed by atoms with E-state index in [0.717, 1.165) is 10.8 Å². The van der Waals surface area contributed by atoms with Crippen LogP contribution in [0, 0.1) is 0 Å². The van der Waals surface area contributed by atoms with Crippen LogP contribution in [0.4, 0.5) is 11.4 Å². The fourth-order valence-corrected chi connectivity index (χ4v) is 3.16. The lowest BCUT2D eigenvalue weighted by atomic mass is 10.1. The van der Waals surface area contributed by atoms with Crippen LogP contribution in [0.15, 0.2) is 66.7 Å². The maximum Gasteiger partial charge on any atom is 0.330 e. The number of carbonyl (C=O) groups is 3. The molecule has 1 aliphatic rings. The molecule has 132 valence electrons. The molecule has 1 heterocycles. The lowest BCUT2D eigenvalue weighted by molar-refractivity contribution is -0.134. The van der Waals surface area contributed by atoms with Crippen LogP contribution in [0.25, 0.3) is 16.8 Å². The Morgan fingerprint density at radius 3 is 2.52 bits per heavy atom. The van der Waals surface area contributed by atoms with Crippen molar-refractivity contribution in [1.29, 1.82) is 0 Å². The summed E-state index contributed by atoms with van der Waals surface area (Å²) in [7, 11) is 1.29. The van der Waals surface area contributed by atoms with Crippen LogP contribution >= 0.6 is 0 Å². The van der Waals surface area contributed by atoms with Crippen molar-refractivity contribution in [3.05, 3.63) is 77.9 Å². The summed E-state index contributed by atoms with van der Waals surface area (Å²) < 4.78 is 4.56. The highest BCUT2D eigenvalue weighted by molar-refractivity contribution is 6.53. The van der Waals surface area contributed by atoms with Crippen molar-refractivity contribution in [1.82, 2.24) is 0 Å². The summed E-state index contributed by atoms with van der Waals surface area (Å²) in [4.78, 5) is 37.8. The van der Waals surface area contributed by atoms with Crippen molar-refractivity contribution in [3.8, 4) is 0 Å². The van der Waals surface area contributed by atoms with E-state index in [0.29, 0.717) is 22.5 Å². The third kappa shape index (κ3) is 2.89. The molecule has 4 rings (SSSR count). The number of ether oxygens (including phenoxy) is 1. The van der Waals surface area contributed by atoms with Gasteiger partial charge < -0.3 is 4.74 Å². The molecule has 3 aromatic carbocycles. The maximum atomic E-state index is 12.6. The number of carbonyl (C=O) groups excluding carboxylic acids is 3. The number of rotatable bonds is 3. The summed E-state index contributed by atoms with van der Waals surface area (Å²) in [5.74, 6) is -1.64. The average Bonchev–Trinajstić information content (AvgIpc) is 2.96. The summed E-state index contributed by atoms with van der Waals surface area (Å²) in [5.41, 5.74) is 2.14. The van der Waals surface area contributed by atoms with E-state index in [1.165, 1.54) is 18.1 Å². The average molecular weight is 357 g/mol. The van der Waals surface area contributed by atoms with Crippen LogP contribution in [0.3, 0.4) is 0 Å². The monoisotopic (exact) mass is 357 g/mol. The van der Waals surface area contributed by atoms with Gasteiger partial charge >= 0.3 is 11.9 Å². The van der Waals surface area contributed by atoms with Crippen LogP contribution in [0.5, 0.6) is 0 Å². The Hall–Kier alpha value is -3.73. The molecule has 0 radical (unpaired) electrons. The largest absolute Gasteiger partial charge is 0.466 e. The first-order valence-corrected chi connectivity index (χ1v) is 8.36. The second-order valence-electron chi connectivity index (χ2n) is 6.13. The molecule has 1 aliphatic heterocycles. The molecule has 27 heavy (non-hydrogen) atoms. The third-order valence-electron chi connectivity index (χ3n) is 4.51. The summed E-state index contributed by atoms with van der Waals surface area (Å²) in [6.07, 6.45) is 2.81. The minimum Gasteiger partial charge on any atom is -0.466 e. The van der Waals surface area contributed by atoms with E-state index in [-0.39, 0.29) is 0 Å². The SMILES string of the molecule is COC(=O)/C=C/c1ccc2c(c1)C(=O)C(=O)N2c1ccc2ccccc2c1. The fraction of sp³-hybridized carbons (Fsp3) is 0.0455. The number of esters is 1. The molecular formula is C22H15NO4. The number of anilines is 2. The molecule has 0 fully saturated rings. The minimum atomic E-state index is -0.589. The van der Waals surface area contributed by atoms with Gasteiger partial charge in [0.1, 0.15) is 0 Å². The van der Waals surface area contributed by atoms with Crippen LogP contribution in [-0.2, 0) is 14.3 Å². The van der Waals surface area contributed by atoms with Gasteiger partial charge in [0.2, 0.25) is 0 Å². The van der Waals surface area contributed by atoms with Crippen molar-refractivity contribution in [2.24, 2.45) is 0 Å². The molecule has 0 saturated heterocycles. The summed E-state index contributed by atoms with van der Waals surface area (Å²) in [6, 6.07) is 18.5. The van der Waals surface area contributed by atoms with Crippen LogP contribution in [-0.4, -0.2) is 24.8 Å². The number of nitrogens with zero attached hydrogens (tertiary/aromatic N) is 1. The highest BCUT2D eigenvalue weighted by atomic mass is 16.5. The number of ketones is 1. The quantitative estimate of drug-likeness (QED) is 0.405. The van der Waals surface area contributed by atoms with Crippen LogP contribution in [0.1, 0.15) is 15.9 Å². The second-order valence-corrected chi connectivity index (χ2v) is 6.13. The zero-order valence-electron chi connectivity index (χ0n) is 14.5. The van der Waals surface area contributed by atoms with Crippen LogP contribution < -0.4 is 4.90 Å². The Morgan fingerprint density at radius 1 is 0.963 bits per heavy atom. The van der Waals surface area contributed by atoms with Crippen LogP contribution in [0.2, 0.25) is 0 Å². The van der Waals surface area contributed by atoms with Crippen molar-refractivity contribution >= 4 is 45.9 Å². The lowest BCUT2D eigenvalue weighted by Crippen LogP contribution is -2.24. The highest BCUT2D eigenvalue weighted by Crippen LogP contribution is 2.37. The van der Waals surface area contributed by atoms with Gasteiger partial charge in [-0.25, -0.2) is 4.79 Å². The van der Waals surface area contributed by atoms with Gasteiger partial charge in [-0.15, -0.1) is 0 Å². The zero-order valence-corrected chi connectivity index (χ0v) is 14.5. The first kappa shape index (κ1) is 16.7. The molecule has 0 spiro atoms. The topological polar surface area (TPSA) is 63.7 Å². The lowest BCUT2D eigenvalue weighted by Gasteiger charge is -2.17. The Labute approximate surface area is 155 Å². The summed E-state index contributed by atoms with van der Waals surface area (Å²) in [5, 5.41) is 2.05. The Morgan fingerprint density at radius 2 is 1.74 bits per heavy atom. The van der Waals surface area contributed by atoms with E-state index in [1.807, 2.05) is 42.5 Å². The first-order chi connectivity index (χ1) is 13.1. The van der Waals surface area contributed by atoms with E-state index in [1.54, 1.807) is 24.3 Å². The van der Waals surface area contributed by atoms with Crippen molar-refractivity contribution < 1.29 is 19.1 Å². The first-order valence-electron chi connectivity index (χ1n) is 8.36. The van der Waals surface area contributed by atoms with Gasteiger partial charge in [0.05, 0.1) is 18.4 Å². The molecule has 3 aromatic rings. The highest BCUT2D eigenvalue weighted by Gasteiger charge is 2.36. The Bertz CT molecular complexity index is 1130. The minimum absolute atomic E-state index is 0.320. The second kappa shape index (κ2) is 6.53. The molecule has 0 unspecified atom stereocenters. The summed E-state index contributed by atoms with van der Waals surface area (Å²) in [6.45, 7) is 0. The Balaban J connectivity index is 1.76. The number of methoxy groups -OCH3 is 1. The van der Waals surface area contributed by atoms with Gasteiger partial charge in [-0.2, -0.15) is 0 Å². The zero-order chi connectivity index (χ0) is 19.0. The van der Waals surface area contributed by atoms with Gasteiger partial charge in [0.25, 0.3) is 5.78 Å². The molecule has 5 nitrogen and oxygen atoms in total. The van der Waals surface area contributed by atoms with E-state index < -0.39 is 17.7 Å². The summed E-state index contributed by atoms with van der Waals surface area (Å²) >= 11 is 0. The molecule has 0 saturated carbocycles. The number of hydrogen-bond donors (Lipinski definition) is 0. The number of hydrogen-bond acceptors (Lipinski definition) is 4. The fourth-order valence-electron chi connectivity index (χ4n) is 3.16. The molecule has 0 aliphatic carbocycles. The van der Waals surface area contributed by atoms with E-state index in [9.17, 15) is 14.4 Å². The van der Waals surface area contributed by atoms with Gasteiger partial charge in [-0.05, 0) is 46.7 Å². The smallest absolute Gasteiger partial charge is 0.330 e. The van der Waals surface area contributed by atoms with Crippen molar-refractivity contribution in [3.63, 3.8) is 0 Å². The van der Waals surface area contributed by atoms with Crippen molar-refractivity contribution in [2.75, 3.05) is 12.0 Å². The van der Waals surface area contributed by atoms with Gasteiger partial charge in [-0.1, -0.05) is 36.4 Å². The van der Waals surface area contributed by atoms with Gasteiger partial charge in [-0.3, -0.25) is 14.5 Å². The predicted molar refractivity (Wildman–Crippen MR) is 103 cm³/mol. The standard InChI is InChI=1S/C22H15NO4/c1-27-20(24)11-7-14-6-10-19-18(12-14)21(25)22(26)23(19)17-9-8-15-4-2-3-5-16(15)13-17/h2-13H,1H3/b11-7+. The molecule has 0 N–H and O–H groups in total. The van der Waals surface area contributed by atoms with Crippen molar-refractivity contribution in [2.45, 2.75) is 0 Å². The van der Waals surface area contributed by atoms with E-state index in [2.05, 4.69) is 4.74 Å². The number of Topliss-reactive ketones (excluding diaryl/α,β-unsaturated/α-hetero) is 1. The molecule has 0 bridgehead atoms. The van der Waals surface area contributed by atoms with Gasteiger partial charge in [0, 0.05) is 11.8 Å². The molecular weight excluding hydrogens is 342 g/mol. The molecule has 1 amide bonds. The maximum absolute atomic E-state index is 12.6. The third-order valence-corrected chi connectivity index (χ3v) is 4.51. The normalized spacial score (nSPS) is 13.4. The molecule has 0 aromatic heterocycles. The Kier molecular flexibility index (Phi) is 4.05. The van der Waals surface area contributed by atoms with Gasteiger partial charge in [0.15, 0.2) is 0 Å². The number of benzene rings is 3. The van der Waals surface area contributed by atoms with E-state index >= 15 is 0 Å². The predicted octanol–water partition coefficient (Wildman–Crippen LogP) is 3.89.